The van der Waals surface area contributed by atoms with Crippen LogP contribution in [0.4, 0.5) is 5.69 Å². The van der Waals surface area contributed by atoms with Crippen molar-refractivity contribution in [1.29, 1.82) is 0 Å². The van der Waals surface area contributed by atoms with E-state index in [1.165, 1.54) is 4.90 Å². The van der Waals surface area contributed by atoms with Gasteiger partial charge in [0.15, 0.2) is 11.5 Å². The van der Waals surface area contributed by atoms with Crippen LogP contribution in [0.5, 0.6) is 17.2 Å². The number of amides is 2. The summed E-state index contributed by atoms with van der Waals surface area (Å²) in [5, 5.41) is 1.78. The summed E-state index contributed by atoms with van der Waals surface area (Å²) >= 11 is 0. The molecule has 0 bridgehead atoms. The molecule has 0 aromatic heterocycles. The van der Waals surface area contributed by atoms with Gasteiger partial charge in [0.25, 0.3) is 0 Å². The number of aryl methyl sites for hydroxylation is 2. The molecule has 7 nitrogen and oxygen atoms in total. The van der Waals surface area contributed by atoms with Crippen molar-refractivity contribution in [3.8, 4) is 17.2 Å². The molecule has 0 spiro atoms. The quantitative estimate of drug-likeness (QED) is 0.183. The van der Waals surface area contributed by atoms with E-state index < -0.39 is 29.6 Å². The van der Waals surface area contributed by atoms with E-state index in [1.54, 1.807) is 0 Å². The zero-order valence-corrected chi connectivity index (χ0v) is 22.4. The van der Waals surface area contributed by atoms with Gasteiger partial charge in [0.05, 0.1) is 23.4 Å². The van der Waals surface area contributed by atoms with E-state index in [9.17, 15) is 14.4 Å². The number of imide groups is 1. The van der Waals surface area contributed by atoms with Crippen molar-refractivity contribution in [2.75, 3.05) is 11.7 Å². The molecule has 0 N–H and O–H groups in total. The smallest absolute Gasteiger partial charge is 0.319 e. The average molecular weight is 544 g/mol. The number of nitrogens with zero attached hydrogens (tertiary/aromatic N) is 1. The van der Waals surface area contributed by atoms with Gasteiger partial charge < -0.3 is 14.2 Å². The average Bonchev–Trinajstić information content (AvgIpc) is 3.55. The number of hydrogen-bond donors (Lipinski definition) is 0. The molecule has 8 rings (SSSR count). The first-order chi connectivity index (χ1) is 19.9. The van der Waals surface area contributed by atoms with Crippen molar-refractivity contribution in [2.24, 2.45) is 17.8 Å². The third-order valence-corrected chi connectivity index (χ3v) is 8.87. The van der Waals surface area contributed by atoms with E-state index in [0.29, 0.717) is 22.9 Å². The fourth-order valence-corrected chi connectivity index (χ4v) is 6.93. The highest BCUT2D eigenvalue weighted by Crippen LogP contribution is 2.56. The number of ether oxygens (including phenoxy) is 3. The maximum Gasteiger partial charge on any atom is 0.319 e. The topological polar surface area (TPSA) is 82.1 Å². The van der Waals surface area contributed by atoms with E-state index in [4.69, 9.17) is 14.2 Å². The van der Waals surface area contributed by atoms with Crippen LogP contribution in [0.2, 0.25) is 0 Å². The van der Waals surface area contributed by atoms with Crippen LogP contribution >= 0.6 is 0 Å². The molecule has 7 heteroatoms. The first-order valence-corrected chi connectivity index (χ1v) is 13.7. The number of hydrogen-bond acceptors (Lipinski definition) is 6. The number of anilines is 1. The molecule has 4 aliphatic rings. The van der Waals surface area contributed by atoms with Gasteiger partial charge in [-0.25, -0.2) is 4.90 Å². The molecule has 0 saturated carbocycles. The van der Waals surface area contributed by atoms with Gasteiger partial charge in [-0.2, -0.15) is 0 Å². The Morgan fingerprint density at radius 3 is 2.49 bits per heavy atom. The zero-order chi connectivity index (χ0) is 28.0. The number of carbonyl (C=O) groups is 3. The van der Waals surface area contributed by atoms with Gasteiger partial charge in [-0.3, -0.25) is 14.4 Å². The summed E-state index contributed by atoms with van der Waals surface area (Å²) in [6.07, 6.45) is 2.00. The largest absolute Gasteiger partial charge is 0.454 e. The molecule has 4 aromatic carbocycles. The SMILES string of the molecule is Cc1ccc(C)c(N2C(=O)[C@@H]3[C@@H]4C(=O)Oc5c(ccc6ccccc56)C4=C[C@H](c4ccc5c(c4)OCO5)[C@H]3C2=O)c1. The summed E-state index contributed by atoms with van der Waals surface area (Å²) in [7, 11) is 0. The Labute approximate surface area is 235 Å². The summed E-state index contributed by atoms with van der Waals surface area (Å²) in [4.78, 5) is 43.7. The number of fused-ring (bicyclic) bond motifs is 8. The Balaban J connectivity index is 1.35. The van der Waals surface area contributed by atoms with Crippen LogP contribution in [-0.4, -0.2) is 24.6 Å². The number of esters is 1. The lowest BCUT2D eigenvalue weighted by Gasteiger charge is -2.38. The minimum Gasteiger partial charge on any atom is -0.454 e. The summed E-state index contributed by atoms with van der Waals surface area (Å²) in [6, 6.07) is 23.0. The predicted molar refractivity (Wildman–Crippen MR) is 152 cm³/mol. The molecule has 1 saturated heterocycles. The lowest BCUT2D eigenvalue weighted by atomic mass is 9.64. The van der Waals surface area contributed by atoms with Crippen molar-refractivity contribution in [1.82, 2.24) is 0 Å². The summed E-state index contributed by atoms with van der Waals surface area (Å²) in [5.41, 5.74) is 4.60. The highest BCUT2D eigenvalue weighted by atomic mass is 16.7. The van der Waals surface area contributed by atoms with Gasteiger partial charge in [0, 0.05) is 16.9 Å². The Morgan fingerprint density at radius 1 is 0.805 bits per heavy atom. The number of benzene rings is 4. The molecule has 3 aliphatic heterocycles. The molecule has 41 heavy (non-hydrogen) atoms. The van der Waals surface area contributed by atoms with Crippen molar-refractivity contribution in [2.45, 2.75) is 19.8 Å². The molecule has 4 aromatic rings. The maximum absolute atomic E-state index is 14.3. The van der Waals surface area contributed by atoms with E-state index >= 15 is 0 Å². The van der Waals surface area contributed by atoms with E-state index in [-0.39, 0.29) is 18.6 Å². The van der Waals surface area contributed by atoms with Gasteiger partial charge in [0.2, 0.25) is 18.6 Å². The number of carbonyl (C=O) groups excluding carboxylic acids is 3. The third kappa shape index (κ3) is 3.35. The van der Waals surface area contributed by atoms with Gasteiger partial charge >= 0.3 is 5.97 Å². The number of rotatable bonds is 2. The second kappa shape index (κ2) is 8.54. The van der Waals surface area contributed by atoms with Gasteiger partial charge in [-0.15, -0.1) is 0 Å². The first kappa shape index (κ1) is 23.9. The van der Waals surface area contributed by atoms with Crippen molar-refractivity contribution < 1.29 is 28.6 Å². The second-order valence-corrected chi connectivity index (χ2v) is 11.2. The minimum absolute atomic E-state index is 0.128. The van der Waals surface area contributed by atoms with Gasteiger partial charge in [-0.05, 0) is 59.7 Å². The standard InChI is InChI=1S/C34H25NO6/c1-17-7-8-18(2)25(13-17)35-32(36)28-23(20-10-12-26-27(14-20)40-16-39-26)15-24-22-11-9-19-5-3-4-6-21(19)31(22)41-34(38)29(24)30(28)33(35)37/h3-15,23,28-30H,16H2,1-2H3/t23-,28-,29-,30+/m1/s1. The van der Waals surface area contributed by atoms with Crippen LogP contribution in [0.3, 0.4) is 0 Å². The fourth-order valence-electron chi connectivity index (χ4n) is 6.93. The molecule has 1 fully saturated rings. The highest BCUT2D eigenvalue weighted by molar-refractivity contribution is 6.25. The Kier molecular flexibility index (Phi) is 4.99. The zero-order valence-electron chi connectivity index (χ0n) is 22.4. The third-order valence-electron chi connectivity index (χ3n) is 8.87. The molecule has 202 valence electrons. The van der Waals surface area contributed by atoms with Crippen molar-refractivity contribution >= 4 is 39.8 Å². The highest BCUT2D eigenvalue weighted by Gasteiger charge is 2.60. The molecule has 1 aliphatic carbocycles. The second-order valence-electron chi connectivity index (χ2n) is 11.2. The normalized spacial score (nSPS) is 24.1. The van der Waals surface area contributed by atoms with E-state index in [2.05, 4.69) is 0 Å². The fraction of sp³-hybridized carbons (Fsp3) is 0.206. The van der Waals surface area contributed by atoms with Crippen molar-refractivity contribution in [3.63, 3.8) is 0 Å². The maximum atomic E-state index is 14.3. The predicted octanol–water partition coefficient (Wildman–Crippen LogP) is 5.71. The first-order valence-electron chi connectivity index (χ1n) is 13.7. The molecular formula is C34H25NO6. The molecule has 2 amide bonds. The summed E-state index contributed by atoms with van der Waals surface area (Å²) < 4.78 is 17.2. The lowest BCUT2D eigenvalue weighted by molar-refractivity contribution is -0.142. The Morgan fingerprint density at radius 2 is 1.61 bits per heavy atom. The van der Waals surface area contributed by atoms with E-state index in [1.807, 2.05) is 92.7 Å². The Hall–Kier alpha value is -4.91. The summed E-state index contributed by atoms with van der Waals surface area (Å²) in [5.74, 6) is -2.56. The van der Waals surface area contributed by atoms with Crippen LogP contribution in [0.25, 0.3) is 16.3 Å². The van der Waals surface area contributed by atoms with Gasteiger partial charge in [-0.1, -0.05) is 60.7 Å². The van der Waals surface area contributed by atoms with Crippen LogP contribution in [0.1, 0.15) is 28.2 Å². The van der Waals surface area contributed by atoms with Crippen LogP contribution in [0.15, 0.2) is 78.9 Å². The number of allylic oxidation sites excluding steroid dienone is 1. The molecule has 3 heterocycles. The van der Waals surface area contributed by atoms with Crippen molar-refractivity contribution in [3.05, 3.63) is 101 Å². The van der Waals surface area contributed by atoms with Gasteiger partial charge in [0.1, 0.15) is 5.75 Å². The van der Waals surface area contributed by atoms with Crippen LogP contribution in [0, 0.1) is 31.6 Å². The lowest BCUT2D eigenvalue weighted by Crippen LogP contribution is -2.42. The van der Waals surface area contributed by atoms with Crippen LogP contribution in [-0.2, 0) is 14.4 Å². The molecular weight excluding hydrogens is 518 g/mol. The Bertz CT molecular complexity index is 1870. The molecule has 0 radical (unpaired) electrons. The van der Waals surface area contributed by atoms with E-state index in [0.717, 1.165) is 38.6 Å². The van der Waals surface area contributed by atoms with Crippen LogP contribution < -0.4 is 19.1 Å². The molecule has 0 unspecified atom stereocenters. The minimum atomic E-state index is -0.912. The summed E-state index contributed by atoms with van der Waals surface area (Å²) in [6.45, 7) is 3.94. The molecule has 4 atom stereocenters. The monoisotopic (exact) mass is 543 g/mol.